The Morgan fingerprint density at radius 1 is 1.53 bits per heavy atom. The zero-order valence-corrected chi connectivity index (χ0v) is 9.52. The van der Waals surface area contributed by atoms with Crippen LogP contribution in [0.3, 0.4) is 0 Å². The number of rotatable bonds is 6. The van der Waals surface area contributed by atoms with E-state index in [-0.39, 0.29) is 12.2 Å². The van der Waals surface area contributed by atoms with Gasteiger partial charge in [-0.25, -0.2) is 4.39 Å². The lowest BCUT2D eigenvalue weighted by atomic mass is 10.2. The smallest absolute Gasteiger partial charge is 0.274 e. The van der Waals surface area contributed by atoms with Gasteiger partial charge in [0.1, 0.15) is 5.82 Å². The van der Waals surface area contributed by atoms with Crippen LogP contribution >= 0.6 is 0 Å². The number of halogens is 1. The number of nitro groups is 1. The Bertz CT molecular complexity index is 398. The fourth-order valence-electron chi connectivity index (χ4n) is 1.45. The fraction of sp³-hybridized carbons (Fsp3) is 0.455. The lowest BCUT2D eigenvalue weighted by molar-refractivity contribution is -0.385. The molecule has 6 heteroatoms. The minimum absolute atomic E-state index is 0.244. The normalized spacial score (nSPS) is 12.2. The monoisotopic (exact) mass is 242 g/mol. The summed E-state index contributed by atoms with van der Waals surface area (Å²) in [5.41, 5.74) is -0.00988. The first-order valence-corrected chi connectivity index (χ1v) is 5.40. The number of hydrogen-bond acceptors (Lipinski definition) is 4. The number of non-ortho nitro benzene ring substituents is 1. The Labute approximate surface area is 98.4 Å². The molecule has 0 aliphatic heterocycles. The summed E-state index contributed by atoms with van der Waals surface area (Å²) in [5, 5.41) is 22.7. The van der Waals surface area contributed by atoms with Gasteiger partial charge in [0, 0.05) is 18.3 Å². The molecule has 1 rings (SSSR count). The second kappa shape index (κ2) is 6.15. The third kappa shape index (κ3) is 4.36. The number of anilines is 1. The van der Waals surface area contributed by atoms with Gasteiger partial charge >= 0.3 is 0 Å². The maximum Gasteiger partial charge on any atom is 0.274 e. The molecular formula is C11H15FN2O3. The quantitative estimate of drug-likeness (QED) is 0.593. The SMILES string of the molecule is CCCC(O)CNc1cc(F)cc([N+](=O)[O-])c1. The van der Waals surface area contributed by atoms with E-state index in [2.05, 4.69) is 5.32 Å². The van der Waals surface area contributed by atoms with Gasteiger partial charge in [0.2, 0.25) is 0 Å². The molecule has 1 unspecified atom stereocenters. The predicted molar refractivity (Wildman–Crippen MR) is 62.5 cm³/mol. The van der Waals surface area contributed by atoms with E-state index in [0.717, 1.165) is 18.6 Å². The van der Waals surface area contributed by atoms with Crippen LogP contribution in [0, 0.1) is 15.9 Å². The molecule has 1 aromatic carbocycles. The minimum atomic E-state index is -0.674. The molecule has 0 aliphatic carbocycles. The molecule has 0 spiro atoms. The minimum Gasteiger partial charge on any atom is -0.391 e. The summed E-state index contributed by atoms with van der Waals surface area (Å²) in [7, 11) is 0. The van der Waals surface area contributed by atoms with Crippen molar-refractivity contribution in [3.05, 3.63) is 34.1 Å². The Hall–Kier alpha value is -1.69. The highest BCUT2D eigenvalue weighted by Gasteiger charge is 2.10. The summed E-state index contributed by atoms with van der Waals surface area (Å²) in [6.07, 6.45) is 0.929. The number of aliphatic hydroxyl groups is 1. The van der Waals surface area contributed by atoms with Gasteiger partial charge in [-0.1, -0.05) is 13.3 Å². The number of nitro benzene ring substituents is 1. The van der Waals surface area contributed by atoms with Crippen LogP contribution < -0.4 is 5.32 Å². The van der Waals surface area contributed by atoms with Crippen molar-refractivity contribution in [2.75, 3.05) is 11.9 Å². The van der Waals surface area contributed by atoms with Crippen molar-refractivity contribution in [3.63, 3.8) is 0 Å². The molecule has 0 radical (unpaired) electrons. The lowest BCUT2D eigenvalue weighted by Crippen LogP contribution is -2.19. The summed E-state index contributed by atoms with van der Waals surface area (Å²) in [4.78, 5) is 9.85. The van der Waals surface area contributed by atoms with Crippen LogP contribution in [0.5, 0.6) is 0 Å². The summed E-state index contributed by atoms with van der Waals surface area (Å²) >= 11 is 0. The van der Waals surface area contributed by atoms with Crippen molar-refractivity contribution < 1.29 is 14.4 Å². The number of benzene rings is 1. The van der Waals surface area contributed by atoms with Crippen molar-refractivity contribution in [1.82, 2.24) is 0 Å². The Balaban J connectivity index is 2.68. The van der Waals surface area contributed by atoms with E-state index in [0.29, 0.717) is 12.1 Å². The number of nitrogens with zero attached hydrogens (tertiary/aromatic N) is 1. The van der Waals surface area contributed by atoms with Crippen LogP contribution in [0.4, 0.5) is 15.8 Å². The van der Waals surface area contributed by atoms with Crippen molar-refractivity contribution in [1.29, 1.82) is 0 Å². The Morgan fingerprint density at radius 2 is 2.24 bits per heavy atom. The van der Waals surface area contributed by atoms with Gasteiger partial charge in [0.15, 0.2) is 0 Å². The van der Waals surface area contributed by atoms with Gasteiger partial charge in [-0.15, -0.1) is 0 Å². The first kappa shape index (κ1) is 13.4. The van der Waals surface area contributed by atoms with Gasteiger partial charge in [0.05, 0.1) is 17.1 Å². The lowest BCUT2D eigenvalue weighted by Gasteiger charge is -2.11. The molecule has 0 heterocycles. The highest BCUT2D eigenvalue weighted by molar-refractivity contribution is 5.51. The van der Waals surface area contributed by atoms with Crippen LogP contribution in [0.1, 0.15) is 19.8 Å². The molecule has 0 saturated heterocycles. The molecule has 0 amide bonds. The summed E-state index contributed by atoms with van der Waals surface area (Å²) in [6.45, 7) is 2.19. The Kier molecular flexibility index (Phi) is 4.84. The molecule has 0 bridgehead atoms. The molecule has 0 aliphatic rings. The third-order valence-electron chi connectivity index (χ3n) is 2.26. The van der Waals surface area contributed by atoms with E-state index in [1.807, 2.05) is 6.92 Å². The summed E-state index contributed by atoms with van der Waals surface area (Å²) < 4.78 is 13.1. The molecule has 0 fully saturated rings. The topological polar surface area (TPSA) is 75.4 Å². The molecular weight excluding hydrogens is 227 g/mol. The van der Waals surface area contributed by atoms with Crippen molar-refractivity contribution >= 4 is 11.4 Å². The van der Waals surface area contributed by atoms with E-state index >= 15 is 0 Å². The van der Waals surface area contributed by atoms with E-state index in [4.69, 9.17) is 0 Å². The number of aliphatic hydroxyl groups excluding tert-OH is 1. The van der Waals surface area contributed by atoms with Crippen LogP contribution in [-0.4, -0.2) is 22.7 Å². The zero-order chi connectivity index (χ0) is 12.8. The molecule has 94 valence electrons. The highest BCUT2D eigenvalue weighted by Crippen LogP contribution is 2.20. The summed E-state index contributed by atoms with van der Waals surface area (Å²) in [6, 6.07) is 3.25. The highest BCUT2D eigenvalue weighted by atomic mass is 19.1. The van der Waals surface area contributed by atoms with Crippen LogP contribution in [0.25, 0.3) is 0 Å². The largest absolute Gasteiger partial charge is 0.391 e. The van der Waals surface area contributed by atoms with Crippen LogP contribution in [-0.2, 0) is 0 Å². The van der Waals surface area contributed by atoms with Gasteiger partial charge in [-0.3, -0.25) is 10.1 Å². The fourth-order valence-corrected chi connectivity index (χ4v) is 1.45. The van der Waals surface area contributed by atoms with Crippen molar-refractivity contribution in [3.8, 4) is 0 Å². The molecule has 1 aromatic rings. The third-order valence-corrected chi connectivity index (χ3v) is 2.26. The molecule has 17 heavy (non-hydrogen) atoms. The second-order valence-electron chi connectivity index (χ2n) is 3.78. The maximum absolute atomic E-state index is 13.1. The van der Waals surface area contributed by atoms with Crippen LogP contribution in [0.2, 0.25) is 0 Å². The standard InChI is InChI=1S/C11H15FN2O3/c1-2-3-11(15)7-13-9-4-8(12)5-10(6-9)14(16)17/h4-6,11,13,15H,2-3,7H2,1H3. The van der Waals surface area contributed by atoms with Crippen LogP contribution in [0.15, 0.2) is 18.2 Å². The second-order valence-corrected chi connectivity index (χ2v) is 3.78. The summed E-state index contributed by atoms with van der Waals surface area (Å²) in [5.74, 6) is -0.674. The average molecular weight is 242 g/mol. The molecule has 0 aromatic heterocycles. The first-order chi connectivity index (χ1) is 8.02. The van der Waals surface area contributed by atoms with E-state index < -0.39 is 16.8 Å². The van der Waals surface area contributed by atoms with Gasteiger partial charge in [-0.2, -0.15) is 0 Å². The van der Waals surface area contributed by atoms with E-state index in [1.165, 1.54) is 6.07 Å². The number of hydrogen-bond donors (Lipinski definition) is 2. The maximum atomic E-state index is 13.1. The zero-order valence-electron chi connectivity index (χ0n) is 9.52. The molecule has 2 N–H and O–H groups in total. The predicted octanol–water partition coefficient (Wildman–Crippen LogP) is 2.31. The van der Waals surface area contributed by atoms with E-state index in [9.17, 15) is 19.6 Å². The first-order valence-electron chi connectivity index (χ1n) is 5.40. The average Bonchev–Trinajstić information content (AvgIpc) is 2.26. The van der Waals surface area contributed by atoms with E-state index in [1.54, 1.807) is 0 Å². The van der Waals surface area contributed by atoms with Crippen molar-refractivity contribution in [2.45, 2.75) is 25.9 Å². The van der Waals surface area contributed by atoms with Gasteiger partial charge in [-0.05, 0) is 12.5 Å². The van der Waals surface area contributed by atoms with Crippen molar-refractivity contribution in [2.24, 2.45) is 0 Å². The van der Waals surface area contributed by atoms with Gasteiger partial charge in [0.25, 0.3) is 5.69 Å². The molecule has 0 saturated carbocycles. The molecule has 1 atom stereocenters. The van der Waals surface area contributed by atoms with Gasteiger partial charge < -0.3 is 10.4 Å². The number of nitrogens with one attached hydrogen (secondary N) is 1. The Morgan fingerprint density at radius 3 is 2.82 bits per heavy atom. The molecule has 5 nitrogen and oxygen atoms in total.